The summed E-state index contributed by atoms with van der Waals surface area (Å²) < 4.78 is 51.7. The molecular weight excluding hydrogens is 1170 g/mol. The van der Waals surface area contributed by atoms with Crippen molar-refractivity contribution in [2.45, 2.75) is 205 Å². The van der Waals surface area contributed by atoms with E-state index in [9.17, 15) is 48.3 Å². The van der Waals surface area contributed by atoms with Crippen LogP contribution in [-0.2, 0) is 70.1 Å². The molecule has 3 heterocycles. The van der Waals surface area contributed by atoms with Crippen molar-refractivity contribution in [1.29, 1.82) is 0 Å². The Morgan fingerprint density at radius 1 is 1.03 bits per heavy atom. The number of halogens is 2. The molecule has 3 fully saturated rings. The summed E-state index contributed by atoms with van der Waals surface area (Å²) >= 11 is 6.85. The van der Waals surface area contributed by atoms with Gasteiger partial charge in [-0.2, -0.15) is 0 Å². The molecule has 3 aliphatic heterocycles. The molecule has 5 N–H and O–H groups in total. The normalized spacial score (nSPS) is 25.1. The number of aliphatic hydroxyl groups is 1. The van der Waals surface area contributed by atoms with Gasteiger partial charge >= 0.3 is 23.9 Å². The molecule has 23 heteroatoms. The van der Waals surface area contributed by atoms with Crippen LogP contribution in [0.5, 0.6) is 5.75 Å². The largest absolute Gasteiger partial charge is 0.495 e. The molecule has 0 spiro atoms. The number of ketones is 2. The number of ether oxygens (including phenoxy) is 6. The Kier molecular flexibility index (Phi) is 24.7. The molecule has 0 radical (unpaired) electrons. The number of fused-ring (bicyclic) bond motifs is 5. The summed E-state index contributed by atoms with van der Waals surface area (Å²) in [5.74, 6) is -6.98. The monoisotopic (exact) mass is 1260 g/mol. The number of carbonyl (C=O) groups is 9. The van der Waals surface area contributed by atoms with Crippen LogP contribution in [0.1, 0.15) is 160 Å². The van der Waals surface area contributed by atoms with E-state index in [1.54, 1.807) is 52.0 Å². The predicted molar refractivity (Wildman–Crippen MR) is 329 cm³/mol. The molecule has 2 aromatic carbocycles. The van der Waals surface area contributed by atoms with Crippen molar-refractivity contribution >= 4 is 70.5 Å². The van der Waals surface area contributed by atoms with E-state index in [-0.39, 0.29) is 85.7 Å². The number of allylic oxidation sites excluding steroid dienone is 3. The second-order valence-electron chi connectivity index (χ2n) is 25.7. The second kappa shape index (κ2) is 30.8. The van der Waals surface area contributed by atoms with Gasteiger partial charge in [-0.25, -0.2) is 14.0 Å². The Morgan fingerprint density at radius 2 is 1.74 bits per heavy atom. The second-order valence-corrected chi connectivity index (χ2v) is 26.1. The number of nitrogens with two attached hydrogens (primary N) is 1. The fourth-order valence-electron chi connectivity index (χ4n) is 11.8. The molecule has 5 amide bonds. The number of rotatable bonds is 25. The van der Waals surface area contributed by atoms with Gasteiger partial charge in [-0.15, -0.1) is 0 Å². The van der Waals surface area contributed by atoms with Gasteiger partial charge in [0, 0.05) is 65.3 Å². The fraction of sp³-hybridized carbons (Fsp3) is 0.621. The van der Waals surface area contributed by atoms with Gasteiger partial charge in [-0.1, -0.05) is 68.7 Å². The standard InChI is InChI=1S/C66H91ClFN5O16/c1-37(2)46(33-44(74)21-13-14-26-64(6,7)89-62(81)43-19-16-20-43)59(78)71-48(22-17-27-70-63(69)82)50(75)31-41-24-25-45(47(68)29-41)60(79)72(9)40(5)61(80)87-54-34-55(76)73(10)49-30-42(32-51(84-11)57(49)67)28-38(3)18-15-23-53(85-12)66(83)35-52(86-56(77)36-66)39(4)58-65(54,8)88-58/h15,18,23-25,29-30,32,37,39-40,43,46,48,52-54,58,83H,13-14,16-17,19-22,26-28,31,33-36H2,1-12H3,(H,71,78)(H3,69,70,82)/b23-15+,38-18+/t39-,40+,46+,48+,52+,53-,54+,58+,65+,66-/m1/s1. The number of amides is 5. The van der Waals surface area contributed by atoms with E-state index >= 15 is 4.39 Å². The quantitative estimate of drug-likeness (QED) is 0.0315. The highest BCUT2D eigenvalue weighted by molar-refractivity contribution is 6.35. The number of hydrogen-bond donors (Lipinski definition) is 4. The lowest BCUT2D eigenvalue weighted by Gasteiger charge is -2.41. The highest BCUT2D eigenvalue weighted by Crippen LogP contribution is 2.50. The zero-order valence-corrected chi connectivity index (χ0v) is 54.3. The first-order valence-corrected chi connectivity index (χ1v) is 31.2. The first kappa shape index (κ1) is 71.3. The summed E-state index contributed by atoms with van der Waals surface area (Å²) in [5.41, 5.74) is 3.13. The number of Topliss-reactive ketones (excluding diaryl/α,β-unsaturated/α-hetero) is 2. The first-order chi connectivity index (χ1) is 41.8. The Morgan fingerprint density at radius 3 is 2.37 bits per heavy atom. The van der Waals surface area contributed by atoms with E-state index < -0.39 is 124 Å². The summed E-state index contributed by atoms with van der Waals surface area (Å²) in [4.78, 5) is 124. The average molecular weight is 1260 g/mol. The number of nitrogens with zero attached hydrogens (tertiary/aromatic N) is 2. The van der Waals surface area contributed by atoms with Crippen molar-refractivity contribution in [3.8, 4) is 5.75 Å². The number of urea groups is 1. The molecule has 2 aromatic rings. The van der Waals surface area contributed by atoms with Gasteiger partial charge in [0.1, 0.15) is 63.5 Å². The molecule has 21 nitrogen and oxygen atoms in total. The third kappa shape index (κ3) is 18.7. The molecule has 6 rings (SSSR count). The third-order valence-electron chi connectivity index (χ3n) is 17.9. The molecule has 1 saturated carbocycles. The zero-order chi connectivity index (χ0) is 65.9. The Balaban J connectivity index is 1.15. The van der Waals surface area contributed by atoms with Crippen LogP contribution < -0.4 is 26.0 Å². The molecule has 490 valence electrons. The summed E-state index contributed by atoms with van der Waals surface area (Å²) in [6.45, 7) is 14.0. The van der Waals surface area contributed by atoms with Crippen molar-refractivity contribution in [2.75, 3.05) is 39.8 Å². The van der Waals surface area contributed by atoms with Crippen LogP contribution in [0.3, 0.4) is 0 Å². The molecule has 0 unspecified atom stereocenters. The van der Waals surface area contributed by atoms with Crippen LogP contribution in [0.4, 0.5) is 14.9 Å². The highest BCUT2D eigenvalue weighted by Gasteiger charge is 2.64. The number of methoxy groups -OCH3 is 2. The van der Waals surface area contributed by atoms with Crippen molar-refractivity contribution in [1.82, 2.24) is 15.5 Å². The molecule has 4 bridgehead atoms. The van der Waals surface area contributed by atoms with E-state index in [4.69, 9.17) is 45.8 Å². The number of benzene rings is 2. The van der Waals surface area contributed by atoms with E-state index in [0.29, 0.717) is 37.1 Å². The highest BCUT2D eigenvalue weighted by atomic mass is 35.5. The smallest absolute Gasteiger partial charge is 0.328 e. The number of unbranched alkanes of at least 4 members (excludes halogenated alkanes) is 1. The van der Waals surface area contributed by atoms with Gasteiger partial charge in [-0.05, 0) is 127 Å². The average Bonchev–Trinajstić information content (AvgIpc) is 1.62. The molecule has 89 heavy (non-hydrogen) atoms. The molecule has 2 saturated heterocycles. The Labute approximate surface area is 526 Å². The minimum absolute atomic E-state index is 0.0421. The summed E-state index contributed by atoms with van der Waals surface area (Å²) in [7, 11) is 5.66. The van der Waals surface area contributed by atoms with Crippen LogP contribution in [0, 0.1) is 29.5 Å². The van der Waals surface area contributed by atoms with Crippen LogP contribution in [0.2, 0.25) is 5.02 Å². The molecule has 1 aliphatic carbocycles. The van der Waals surface area contributed by atoms with Gasteiger partial charge in [0.05, 0.1) is 49.3 Å². The van der Waals surface area contributed by atoms with Crippen molar-refractivity contribution in [3.63, 3.8) is 0 Å². The molecule has 10 atom stereocenters. The van der Waals surface area contributed by atoms with E-state index in [1.165, 1.54) is 52.3 Å². The number of primary amides is 1. The van der Waals surface area contributed by atoms with Crippen molar-refractivity contribution in [3.05, 3.63) is 81.7 Å². The zero-order valence-electron chi connectivity index (χ0n) is 53.5. The van der Waals surface area contributed by atoms with E-state index in [2.05, 4.69) is 10.6 Å². The lowest BCUT2D eigenvalue weighted by molar-refractivity contribution is -0.187. The topological polar surface area (TPSA) is 289 Å². The maximum Gasteiger partial charge on any atom is 0.328 e. The maximum absolute atomic E-state index is 16.2. The maximum atomic E-state index is 16.2. The minimum Gasteiger partial charge on any atom is -0.495 e. The minimum atomic E-state index is -1.68. The van der Waals surface area contributed by atoms with Crippen molar-refractivity contribution in [2.24, 2.45) is 29.4 Å². The number of anilines is 1. The van der Waals surface area contributed by atoms with Crippen LogP contribution in [0.25, 0.3) is 0 Å². The Hall–Kier alpha value is -6.75. The number of epoxide rings is 1. The number of carbonyl (C=O) groups excluding carboxylic acids is 9. The third-order valence-corrected chi connectivity index (χ3v) is 18.3. The molecule has 0 aromatic heterocycles. The Bertz CT molecular complexity index is 3020. The summed E-state index contributed by atoms with van der Waals surface area (Å²) in [6.07, 6.45) is 5.24. The van der Waals surface area contributed by atoms with Crippen LogP contribution >= 0.6 is 11.6 Å². The number of likely N-dealkylation sites (N-methyl/N-ethyl adjacent to an activating group) is 1. The lowest BCUT2D eigenvalue weighted by atomic mass is 9.78. The molecule has 4 aliphatic rings. The van der Waals surface area contributed by atoms with Gasteiger partial charge in [0.15, 0.2) is 5.78 Å². The lowest BCUT2D eigenvalue weighted by Crippen LogP contribution is -2.53. The SMILES string of the molecule is COc1cc2cc(c1Cl)N(C)C(=O)C[C@H](OC(=O)[C@H](C)N(C)C(=O)c1ccc(CC(=O)[C@H](CCCNC(N)=O)NC(=O)[C@@H](CC(=O)CCCCC(C)(C)OC(=O)C3CCC3)C(C)C)cc1F)[C@]1(C)O[C@H]1[C@H](C)[C@@H]1C[C@@](O)(CC(=O)O1)[C@H](OC)/C=C/C=C(\C)C2. The van der Waals surface area contributed by atoms with Crippen molar-refractivity contribution < 1.29 is 81.1 Å². The van der Waals surface area contributed by atoms with Gasteiger partial charge in [0.2, 0.25) is 11.8 Å². The first-order valence-electron chi connectivity index (χ1n) is 30.8. The number of hydrogen-bond acceptors (Lipinski definition) is 16. The van der Waals surface area contributed by atoms with Gasteiger partial charge in [-0.3, -0.25) is 33.6 Å². The predicted octanol–water partition coefficient (Wildman–Crippen LogP) is 8.18. The van der Waals surface area contributed by atoms with Gasteiger partial charge < -0.3 is 59.7 Å². The fourth-order valence-corrected chi connectivity index (χ4v) is 12.1. The molecular formula is C66H91ClFN5O16. The van der Waals surface area contributed by atoms with Crippen LogP contribution in [0.15, 0.2) is 54.1 Å². The summed E-state index contributed by atoms with van der Waals surface area (Å²) in [6, 6.07) is 3.75. The van der Waals surface area contributed by atoms with E-state index in [0.717, 1.165) is 41.4 Å². The number of esters is 3. The van der Waals surface area contributed by atoms with Gasteiger partial charge in [0.25, 0.3) is 5.91 Å². The van der Waals surface area contributed by atoms with Crippen LogP contribution in [-0.4, -0.2) is 151 Å². The summed E-state index contributed by atoms with van der Waals surface area (Å²) in [5, 5.41) is 17.5. The number of nitrogens with one attached hydrogen (secondary N) is 2. The van der Waals surface area contributed by atoms with E-state index in [1.807, 2.05) is 26.8 Å².